The van der Waals surface area contributed by atoms with Gasteiger partial charge in [0.05, 0.1) is 17.5 Å². The van der Waals surface area contributed by atoms with Gasteiger partial charge in [0.1, 0.15) is 0 Å². The Balaban J connectivity index is 1.60. The van der Waals surface area contributed by atoms with Crippen molar-refractivity contribution >= 4 is 29.1 Å². The molecule has 1 heterocycles. The fourth-order valence-electron chi connectivity index (χ4n) is 4.28. The van der Waals surface area contributed by atoms with Crippen LogP contribution < -0.4 is 10.2 Å². The van der Waals surface area contributed by atoms with Crippen LogP contribution in [0.15, 0.2) is 54.1 Å². The summed E-state index contributed by atoms with van der Waals surface area (Å²) in [6, 6.07) is 12.6. The fourth-order valence-corrected chi connectivity index (χ4v) is 4.28. The molecule has 1 aliphatic heterocycles. The first-order valence-electron chi connectivity index (χ1n) is 9.88. The molecule has 1 fully saturated rings. The number of nitrogens with one attached hydrogen (secondary N) is 1. The monoisotopic (exact) mass is 388 g/mol. The van der Waals surface area contributed by atoms with E-state index in [1.165, 1.54) is 4.90 Å². The van der Waals surface area contributed by atoms with Gasteiger partial charge in [-0.2, -0.15) is 0 Å². The molecule has 3 amide bonds. The maximum atomic E-state index is 12.9. The van der Waals surface area contributed by atoms with Crippen molar-refractivity contribution in [2.75, 3.05) is 10.2 Å². The number of anilines is 2. The molecule has 0 aromatic heterocycles. The number of para-hydroxylation sites is 1. The van der Waals surface area contributed by atoms with Crippen molar-refractivity contribution in [2.45, 2.75) is 33.6 Å². The van der Waals surface area contributed by atoms with Crippen molar-refractivity contribution in [3.8, 4) is 0 Å². The van der Waals surface area contributed by atoms with Gasteiger partial charge >= 0.3 is 0 Å². The van der Waals surface area contributed by atoms with Crippen LogP contribution in [0, 0.1) is 25.7 Å². The van der Waals surface area contributed by atoms with E-state index in [4.69, 9.17) is 0 Å². The number of benzene rings is 2. The fraction of sp³-hybridized carbons (Fsp3) is 0.292. The summed E-state index contributed by atoms with van der Waals surface area (Å²) in [5.41, 5.74) is 4.76. The van der Waals surface area contributed by atoms with E-state index < -0.39 is 0 Å². The van der Waals surface area contributed by atoms with Crippen LogP contribution in [0.25, 0.3) is 0 Å². The predicted molar refractivity (Wildman–Crippen MR) is 113 cm³/mol. The zero-order chi connectivity index (χ0) is 20.7. The Morgan fingerprint density at radius 1 is 0.966 bits per heavy atom. The summed E-state index contributed by atoms with van der Waals surface area (Å²) < 4.78 is 0. The van der Waals surface area contributed by atoms with E-state index in [-0.39, 0.29) is 29.6 Å². The van der Waals surface area contributed by atoms with Crippen LogP contribution in [0.5, 0.6) is 0 Å². The SMILES string of the molecule is CC1=CCC2C(=O)N(c3cccc(C(=O)Nc4c(C)cccc4C)c3)C(=O)C2C1. The predicted octanol–water partition coefficient (Wildman–Crippen LogP) is 4.40. The van der Waals surface area contributed by atoms with Gasteiger partial charge in [0.15, 0.2) is 0 Å². The van der Waals surface area contributed by atoms with Crippen LogP contribution in [0.2, 0.25) is 0 Å². The summed E-state index contributed by atoms with van der Waals surface area (Å²) in [5.74, 6) is -1.19. The highest BCUT2D eigenvalue weighted by Gasteiger charge is 2.48. The first-order chi connectivity index (χ1) is 13.9. The number of carbonyl (C=O) groups excluding carboxylic acids is 3. The van der Waals surface area contributed by atoms with E-state index in [9.17, 15) is 14.4 Å². The molecule has 2 aromatic rings. The third-order valence-electron chi connectivity index (χ3n) is 5.91. The maximum Gasteiger partial charge on any atom is 0.255 e. The van der Waals surface area contributed by atoms with Crippen molar-refractivity contribution in [3.63, 3.8) is 0 Å². The number of aryl methyl sites for hydroxylation is 2. The van der Waals surface area contributed by atoms with Crippen LogP contribution in [-0.2, 0) is 9.59 Å². The van der Waals surface area contributed by atoms with Gasteiger partial charge in [-0.05, 0) is 62.9 Å². The normalized spacial score (nSPS) is 21.1. The van der Waals surface area contributed by atoms with Crippen molar-refractivity contribution in [2.24, 2.45) is 11.8 Å². The lowest BCUT2D eigenvalue weighted by Gasteiger charge is -2.18. The number of hydrogen-bond acceptors (Lipinski definition) is 3. The summed E-state index contributed by atoms with van der Waals surface area (Å²) >= 11 is 0. The summed E-state index contributed by atoms with van der Waals surface area (Å²) in [5, 5.41) is 2.96. The minimum Gasteiger partial charge on any atom is -0.322 e. The van der Waals surface area contributed by atoms with Crippen molar-refractivity contribution < 1.29 is 14.4 Å². The third kappa shape index (κ3) is 3.37. The molecule has 5 heteroatoms. The second-order valence-electron chi connectivity index (χ2n) is 7.99. The molecule has 5 nitrogen and oxygen atoms in total. The highest BCUT2D eigenvalue weighted by Crippen LogP contribution is 2.39. The van der Waals surface area contributed by atoms with Gasteiger partial charge in [-0.25, -0.2) is 0 Å². The molecule has 4 rings (SSSR count). The standard InChI is InChI=1S/C24H24N2O3/c1-14-10-11-19-20(12-14)24(29)26(23(19)28)18-9-5-8-17(13-18)22(27)25-21-15(2)6-4-7-16(21)3/h4-10,13,19-20H,11-12H2,1-3H3,(H,25,27). The second-order valence-corrected chi connectivity index (χ2v) is 7.99. The molecule has 2 aromatic carbocycles. The molecule has 2 unspecified atom stereocenters. The van der Waals surface area contributed by atoms with E-state index in [1.54, 1.807) is 24.3 Å². The highest BCUT2D eigenvalue weighted by atomic mass is 16.2. The van der Waals surface area contributed by atoms with Crippen LogP contribution in [0.3, 0.4) is 0 Å². The Morgan fingerprint density at radius 3 is 2.34 bits per heavy atom. The molecule has 0 radical (unpaired) electrons. The molecule has 1 saturated heterocycles. The van der Waals surface area contributed by atoms with Gasteiger partial charge in [-0.3, -0.25) is 19.3 Å². The van der Waals surface area contributed by atoms with Gasteiger partial charge < -0.3 is 5.32 Å². The topological polar surface area (TPSA) is 66.5 Å². The zero-order valence-corrected chi connectivity index (χ0v) is 16.9. The number of rotatable bonds is 3. The van der Waals surface area contributed by atoms with Gasteiger partial charge in [0.25, 0.3) is 5.91 Å². The molecule has 1 aliphatic carbocycles. The lowest BCUT2D eigenvalue weighted by atomic mass is 9.82. The average molecular weight is 388 g/mol. The minimum absolute atomic E-state index is 0.167. The summed E-state index contributed by atoms with van der Waals surface area (Å²) in [4.78, 5) is 39.9. The first-order valence-corrected chi connectivity index (χ1v) is 9.88. The molecular formula is C24H24N2O3. The van der Waals surface area contributed by atoms with Crippen LogP contribution in [0.4, 0.5) is 11.4 Å². The maximum absolute atomic E-state index is 12.9. The molecule has 0 spiro atoms. The largest absolute Gasteiger partial charge is 0.322 e. The number of amides is 3. The van der Waals surface area contributed by atoms with Crippen molar-refractivity contribution in [3.05, 3.63) is 70.8 Å². The Kier molecular flexibility index (Phi) is 4.82. The number of carbonyl (C=O) groups is 3. The minimum atomic E-state index is -0.293. The lowest BCUT2D eigenvalue weighted by Crippen LogP contribution is -2.31. The molecule has 148 valence electrons. The van der Waals surface area contributed by atoms with Crippen molar-refractivity contribution in [1.29, 1.82) is 0 Å². The van der Waals surface area contributed by atoms with E-state index >= 15 is 0 Å². The molecular weight excluding hydrogens is 364 g/mol. The van der Waals surface area contributed by atoms with Gasteiger partial charge in [-0.15, -0.1) is 0 Å². The molecule has 2 aliphatic rings. The Morgan fingerprint density at radius 2 is 1.62 bits per heavy atom. The van der Waals surface area contributed by atoms with Crippen LogP contribution in [-0.4, -0.2) is 17.7 Å². The Hall–Kier alpha value is -3.21. The second kappa shape index (κ2) is 7.32. The summed E-state index contributed by atoms with van der Waals surface area (Å²) in [7, 11) is 0. The van der Waals surface area contributed by atoms with Gasteiger partial charge in [0.2, 0.25) is 11.8 Å². The number of nitrogens with zero attached hydrogens (tertiary/aromatic N) is 1. The Labute approximate surface area is 170 Å². The smallest absolute Gasteiger partial charge is 0.255 e. The van der Waals surface area contributed by atoms with Crippen LogP contribution >= 0.6 is 0 Å². The highest BCUT2D eigenvalue weighted by molar-refractivity contribution is 6.22. The number of imide groups is 1. The number of hydrogen-bond donors (Lipinski definition) is 1. The summed E-state index contributed by atoms with van der Waals surface area (Å²) in [6.45, 7) is 5.88. The molecule has 2 atom stereocenters. The molecule has 0 saturated carbocycles. The zero-order valence-electron chi connectivity index (χ0n) is 16.9. The summed E-state index contributed by atoms with van der Waals surface area (Å²) in [6.07, 6.45) is 3.27. The van der Waals surface area contributed by atoms with Crippen LogP contribution in [0.1, 0.15) is 41.3 Å². The van der Waals surface area contributed by atoms with E-state index in [2.05, 4.69) is 5.32 Å². The molecule has 1 N–H and O–H groups in total. The average Bonchev–Trinajstić information content (AvgIpc) is 2.94. The molecule has 0 bridgehead atoms. The van der Waals surface area contributed by atoms with Gasteiger partial charge in [-0.1, -0.05) is 35.9 Å². The quantitative estimate of drug-likeness (QED) is 0.626. The van der Waals surface area contributed by atoms with E-state index in [0.29, 0.717) is 24.1 Å². The van der Waals surface area contributed by atoms with E-state index in [1.807, 2.05) is 45.0 Å². The molecule has 29 heavy (non-hydrogen) atoms. The lowest BCUT2D eigenvalue weighted by molar-refractivity contribution is -0.122. The Bertz CT molecular complexity index is 1030. The first kappa shape index (κ1) is 19.1. The van der Waals surface area contributed by atoms with Gasteiger partial charge in [0, 0.05) is 11.3 Å². The number of fused-ring (bicyclic) bond motifs is 1. The third-order valence-corrected chi connectivity index (χ3v) is 5.91. The van der Waals surface area contributed by atoms with E-state index in [0.717, 1.165) is 22.4 Å². The van der Waals surface area contributed by atoms with Crippen molar-refractivity contribution in [1.82, 2.24) is 0 Å². The number of allylic oxidation sites excluding steroid dienone is 2.